The molecule has 2 fully saturated rings. The number of rotatable bonds is 8. The van der Waals surface area contributed by atoms with E-state index in [9.17, 15) is 9.59 Å². The van der Waals surface area contributed by atoms with Crippen LogP contribution >= 0.6 is 11.3 Å². The Bertz CT molecular complexity index is 1100. The highest BCUT2D eigenvalue weighted by Crippen LogP contribution is 2.23. The number of piperazine rings is 1. The van der Waals surface area contributed by atoms with Crippen LogP contribution in [0.15, 0.2) is 46.3 Å². The average molecular weight is 480 g/mol. The van der Waals surface area contributed by atoms with Crippen molar-refractivity contribution in [3.8, 4) is 10.7 Å². The molecule has 0 aliphatic carbocycles. The molecular weight excluding hydrogens is 450 g/mol. The van der Waals surface area contributed by atoms with Gasteiger partial charge in [0, 0.05) is 51.3 Å². The van der Waals surface area contributed by atoms with Gasteiger partial charge in [-0.25, -0.2) is 0 Å². The molecule has 3 aromatic rings. The quantitative estimate of drug-likeness (QED) is 0.493. The lowest BCUT2D eigenvalue weighted by Crippen LogP contribution is -2.49. The van der Waals surface area contributed by atoms with E-state index in [4.69, 9.17) is 4.52 Å². The molecule has 1 aromatic carbocycles. The molecule has 0 radical (unpaired) electrons. The van der Waals surface area contributed by atoms with Gasteiger partial charge >= 0.3 is 0 Å². The maximum absolute atomic E-state index is 12.8. The minimum atomic E-state index is 0.164. The van der Waals surface area contributed by atoms with Gasteiger partial charge in [-0.2, -0.15) is 4.98 Å². The van der Waals surface area contributed by atoms with Crippen LogP contribution in [0.4, 0.5) is 5.69 Å². The van der Waals surface area contributed by atoms with Crippen molar-refractivity contribution >= 4 is 28.8 Å². The monoisotopic (exact) mass is 479 g/mol. The number of anilines is 1. The van der Waals surface area contributed by atoms with Crippen molar-refractivity contribution in [2.45, 2.75) is 32.1 Å². The van der Waals surface area contributed by atoms with E-state index in [1.807, 2.05) is 51.6 Å². The number of benzene rings is 1. The number of carbonyl (C=O) groups excluding carboxylic acids is 2. The standard InChI is InChI=1S/C25H29N5O3S/c31-23-6-2-12-30(23)20-9-7-19(8-10-20)18-24(32)29-15-13-28(14-16-29)11-1-5-22-26-25(27-33-22)21-4-3-17-34-21/h3-4,7-10,17H,1-2,5-6,11-16,18H2. The van der Waals surface area contributed by atoms with E-state index < -0.39 is 0 Å². The SMILES string of the molecule is O=C(Cc1ccc(N2CCCC2=O)cc1)N1CCN(CCCc2nc(-c3cccs3)no2)CC1. The summed E-state index contributed by atoms with van der Waals surface area (Å²) in [5.41, 5.74) is 1.92. The molecule has 4 heterocycles. The fourth-order valence-corrected chi connectivity index (χ4v) is 5.19. The van der Waals surface area contributed by atoms with E-state index in [1.54, 1.807) is 11.3 Å². The zero-order valence-electron chi connectivity index (χ0n) is 19.2. The fourth-order valence-electron chi connectivity index (χ4n) is 4.54. The largest absolute Gasteiger partial charge is 0.340 e. The second-order valence-electron chi connectivity index (χ2n) is 8.81. The summed E-state index contributed by atoms with van der Waals surface area (Å²) in [6.45, 7) is 5.00. The Morgan fingerprint density at radius 2 is 1.88 bits per heavy atom. The highest BCUT2D eigenvalue weighted by molar-refractivity contribution is 7.13. The lowest BCUT2D eigenvalue weighted by molar-refractivity contribution is -0.132. The average Bonchev–Trinajstić information content (AvgIpc) is 3.62. The van der Waals surface area contributed by atoms with Crippen molar-refractivity contribution in [3.63, 3.8) is 0 Å². The minimum absolute atomic E-state index is 0.164. The second-order valence-corrected chi connectivity index (χ2v) is 9.75. The van der Waals surface area contributed by atoms with Gasteiger partial charge in [0.05, 0.1) is 11.3 Å². The second kappa shape index (κ2) is 10.5. The van der Waals surface area contributed by atoms with Gasteiger partial charge in [-0.15, -0.1) is 11.3 Å². The highest BCUT2D eigenvalue weighted by atomic mass is 32.1. The molecule has 0 saturated carbocycles. The highest BCUT2D eigenvalue weighted by Gasteiger charge is 2.23. The van der Waals surface area contributed by atoms with E-state index >= 15 is 0 Å². The number of hydrogen-bond donors (Lipinski definition) is 0. The first-order chi connectivity index (χ1) is 16.7. The topological polar surface area (TPSA) is 82.8 Å². The summed E-state index contributed by atoms with van der Waals surface area (Å²) in [5.74, 6) is 1.69. The molecule has 0 spiro atoms. The van der Waals surface area contributed by atoms with Gasteiger partial charge in [-0.05, 0) is 48.5 Å². The molecule has 2 amide bonds. The third-order valence-corrected chi connectivity index (χ3v) is 7.34. The van der Waals surface area contributed by atoms with Crippen LogP contribution in [0.5, 0.6) is 0 Å². The number of aromatic nitrogens is 2. The molecule has 0 bridgehead atoms. The predicted octanol–water partition coefficient (Wildman–Crippen LogP) is 3.24. The molecule has 2 aliphatic rings. The third kappa shape index (κ3) is 5.37. The van der Waals surface area contributed by atoms with Gasteiger partial charge in [-0.3, -0.25) is 14.5 Å². The minimum Gasteiger partial charge on any atom is -0.340 e. The van der Waals surface area contributed by atoms with Crippen LogP contribution in [-0.4, -0.2) is 71.0 Å². The Balaban J connectivity index is 1.03. The Labute approximate surface area is 203 Å². The first kappa shape index (κ1) is 22.7. The van der Waals surface area contributed by atoms with Gasteiger partial charge in [0.15, 0.2) is 0 Å². The number of aryl methyl sites for hydroxylation is 1. The first-order valence-corrected chi connectivity index (χ1v) is 12.8. The Morgan fingerprint density at radius 1 is 1.06 bits per heavy atom. The van der Waals surface area contributed by atoms with E-state index in [0.717, 1.165) is 74.7 Å². The summed E-state index contributed by atoms with van der Waals surface area (Å²) in [4.78, 5) is 36.4. The Hall–Kier alpha value is -3.04. The van der Waals surface area contributed by atoms with Crippen molar-refractivity contribution in [2.24, 2.45) is 0 Å². The van der Waals surface area contributed by atoms with E-state index in [2.05, 4.69) is 15.0 Å². The van der Waals surface area contributed by atoms with Crippen LogP contribution in [0.3, 0.4) is 0 Å². The Morgan fingerprint density at radius 3 is 2.59 bits per heavy atom. The summed E-state index contributed by atoms with van der Waals surface area (Å²) in [5, 5.41) is 6.07. The Kier molecular flexibility index (Phi) is 7.01. The summed E-state index contributed by atoms with van der Waals surface area (Å²) in [7, 11) is 0. The summed E-state index contributed by atoms with van der Waals surface area (Å²) < 4.78 is 5.38. The van der Waals surface area contributed by atoms with Crippen LogP contribution in [0.2, 0.25) is 0 Å². The number of carbonyl (C=O) groups is 2. The summed E-state index contributed by atoms with van der Waals surface area (Å²) in [6.07, 6.45) is 3.65. The number of nitrogens with zero attached hydrogens (tertiary/aromatic N) is 5. The molecule has 34 heavy (non-hydrogen) atoms. The number of amides is 2. The molecule has 2 saturated heterocycles. The van der Waals surface area contributed by atoms with E-state index in [-0.39, 0.29) is 11.8 Å². The van der Waals surface area contributed by atoms with Gasteiger partial charge in [0.2, 0.25) is 23.5 Å². The maximum atomic E-state index is 12.8. The molecule has 5 rings (SSSR count). The number of thiophene rings is 1. The first-order valence-electron chi connectivity index (χ1n) is 11.9. The van der Waals surface area contributed by atoms with Crippen molar-refractivity contribution in [3.05, 3.63) is 53.2 Å². The van der Waals surface area contributed by atoms with Gasteiger partial charge in [-0.1, -0.05) is 23.4 Å². The smallest absolute Gasteiger partial charge is 0.227 e. The van der Waals surface area contributed by atoms with E-state index in [1.165, 1.54) is 0 Å². The molecule has 0 N–H and O–H groups in total. The van der Waals surface area contributed by atoms with Crippen molar-refractivity contribution < 1.29 is 14.1 Å². The van der Waals surface area contributed by atoms with Crippen molar-refractivity contribution in [1.29, 1.82) is 0 Å². The fraction of sp³-hybridized carbons (Fsp3) is 0.440. The van der Waals surface area contributed by atoms with Gasteiger partial charge in [0.1, 0.15) is 0 Å². The molecule has 0 atom stereocenters. The molecule has 9 heteroatoms. The number of hydrogen-bond acceptors (Lipinski definition) is 7. The summed E-state index contributed by atoms with van der Waals surface area (Å²) in [6, 6.07) is 11.8. The lowest BCUT2D eigenvalue weighted by atomic mass is 10.1. The molecular formula is C25H29N5O3S. The predicted molar refractivity (Wildman–Crippen MR) is 131 cm³/mol. The van der Waals surface area contributed by atoms with E-state index in [0.29, 0.717) is 24.6 Å². The lowest BCUT2D eigenvalue weighted by Gasteiger charge is -2.34. The molecule has 0 unspecified atom stereocenters. The van der Waals surface area contributed by atoms with Gasteiger partial charge < -0.3 is 14.3 Å². The molecule has 8 nitrogen and oxygen atoms in total. The molecule has 2 aromatic heterocycles. The zero-order valence-corrected chi connectivity index (χ0v) is 20.0. The normalized spacial score (nSPS) is 17.0. The summed E-state index contributed by atoms with van der Waals surface area (Å²) >= 11 is 1.60. The van der Waals surface area contributed by atoms with Crippen LogP contribution in [-0.2, 0) is 22.4 Å². The molecule has 178 valence electrons. The maximum Gasteiger partial charge on any atom is 0.227 e. The zero-order chi connectivity index (χ0) is 23.3. The van der Waals surface area contributed by atoms with Crippen LogP contribution in [0.1, 0.15) is 30.7 Å². The van der Waals surface area contributed by atoms with Gasteiger partial charge in [0.25, 0.3) is 0 Å². The van der Waals surface area contributed by atoms with Crippen molar-refractivity contribution in [1.82, 2.24) is 19.9 Å². The third-order valence-electron chi connectivity index (χ3n) is 6.48. The van der Waals surface area contributed by atoms with Crippen molar-refractivity contribution in [2.75, 3.05) is 44.2 Å². The van der Waals surface area contributed by atoms with Crippen LogP contribution < -0.4 is 4.90 Å². The van der Waals surface area contributed by atoms with Crippen LogP contribution in [0.25, 0.3) is 10.7 Å². The molecule has 2 aliphatic heterocycles. The van der Waals surface area contributed by atoms with Crippen LogP contribution in [0, 0.1) is 0 Å².